The molecular weight excluding hydrogens is 353 g/mol. The lowest BCUT2D eigenvalue weighted by Gasteiger charge is -2.30. The number of hydrogen-bond acceptors (Lipinski definition) is 2. The van der Waals surface area contributed by atoms with E-state index in [1.807, 2.05) is 54.6 Å². The van der Waals surface area contributed by atoms with E-state index in [4.69, 9.17) is 0 Å². The van der Waals surface area contributed by atoms with Crippen LogP contribution in [0.25, 0.3) is 11.1 Å². The minimum atomic E-state index is -0.912. The summed E-state index contributed by atoms with van der Waals surface area (Å²) < 4.78 is 14.4. The van der Waals surface area contributed by atoms with Crippen LogP contribution in [0, 0.1) is 5.82 Å². The highest BCUT2D eigenvalue weighted by Gasteiger charge is 2.43. The van der Waals surface area contributed by atoms with E-state index in [0.717, 1.165) is 11.1 Å². The Morgan fingerprint density at radius 1 is 0.964 bits per heavy atom. The standard InChI is InChI=1S/C24H22FNO2/c1-26-22(27)15-20(19-12-5-6-13-21(19)25)23(26)24(28)18-11-7-10-17(14-18)16-8-3-2-4-9-16/h2-14,20,23-24,28H,15H2,1H3/t20-,23+,24-/m0/s1. The first-order chi connectivity index (χ1) is 13.6. The van der Waals surface area contributed by atoms with Crippen molar-refractivity contribution in [3.63, 3.8) is 0 Å². The van der Waals surface area contributed by atoms with Crippen LogP contribution in [-0.4, -0.2) is 29.0 Å². The summed E-state index contributed by atoms with van der Waals surface area (Å²) in [5, 5.41) is 11.2. The van der Waals surface area contributed by atoms with Gasteiger partial charge in [0, 0.05) is 19.4 Å². The monoisotopic (exact) mass is 375 g/mol. The smallest absolute Gasteiger partial charge is 0.223 e. The molecule has 1 aliphatic heterocycles. The maximum atomic E-state index is 14.4. The van der Waals surface area contributed by atoms with Gasteiger partial charge in [0.25, 0.3) is 0 Å². The van der Waals surface area contributed by atoms with Gasteiger partial charge in [-0.3, -0.25) is 4.79 Å². The molecule has 1 fully saturated rings. The average molecular weight is 375 g/mol. The van der Waals surface area contributed by atoms with E-state index in [0.29, 0.717) is 11.1 Å². The SMILES string of the molecule is CN1C(=O)C[C@@H](c2ccccc2F)[C@@H]1[C@@H](O)c1cccc(-c2ccccc2)c1. The van der Waals surface area contributed by atoms with E-state index in [9.17, 15) is 14.3 Å². The Kier molecular flexibility index (Phi) is 4.97. The molecule has 0 saturated carbocycles. The van der Waals surface area contributed by atoms with Crippen molar-refractivity contribution in [2.45, 2.75) is 24.5 Å². The van der Waals surface area contributed by atoms with E-state index in [-0.39, 0.29) is 18.1 Å². The maximum absolute atomic E-state index is 14.4. The van der Waals surface area contributed by atoms with Crippen molar-refractivity contribution in [1.29, 1.82) is 0 Å². The Balaban J connectivity index is 1.70. The van der Waals surface area contributed by atoms with Crippen molar-refractivity contribution in [1.82, 2.24) is 4.90 Å². The molecule has 0 bridgehead atoms. The number of carbonyl (C=O) groups excluding carboxylic acids is 1. The van der Waals surface area contributed by atoms with Crippen molar-refractivity contribution >= 4 is 5.91 Å². The first kappa shape index (κ1) is 18.4. The molecule has 1 N–H and O–H groups in total. The molecule has 3 aromatic carbocycles. The van der Waals surface area contributed by atoms with Crippen molar-refractivity contribution in [2.24, 2.45) is 0 Å². The van der Waals surface area contributed by atoms with Gasteiger partial charge >= 0.3 is 0 Å². The zero-order valence-corrected chi connectivity index (χ0v) is 15.6. The predicted molar refractivity (Wildman–Crippen MR) is 107 cm³/mol. The van der Waals surface area contributed by atoms with Crippen LogP contribution in [0.1, 0.15) is 29.6 Å². The van der Waals surface area contributed by atoms with E-state index in [1.54, 1.807) is 30.1 Å². The minimum Gasteiger partial charge on any atom is -0.386 e. The number of aliphatic hydroxyl groups is 1. The van der Waals surface area contributed by atoms with Gasteiger partial charge in [-0.25, -0.2) is 4.39 Å². The second kappa shape index (κ2) is 7.56. The Labute approximate surface area is 164 Å². The highest BCUT2D eigenvalue weighted by atomic mass is 19.1. The van der Waals surface area contributed by atoms with Gasteiger partial charge in [-0.05, 0) is 34.4 Å². The molecule has 4 rings (SSSR count). The number of amides is 1. The number of aliphatic hydroxyl groups excluding tert-OH is 1. The predicted octanol–water partition coefficient (Wildman–Crippen LogP) is 4.54. The molecule has 0 radical (unpaired) electrons. The van der Waals surface area contributed by atoms with Crippen LogP contribution in [0.4, 0.5) is 4.39 Å². The summed E-state index contributed by atoms with van der Waals surface area (Å²) in [6, 6.07) is 23.6. The fraction of sp³-hybridized carbons (Fsp3) is 0.208. The Morgan fingerprint density at radius 3 is 2.39 bits per heavy atom. The second-order valence-corrected chi connectivity index (χ2v) is 7.26. The lowest BCUT2D eigenvalue weighted by molar-refractivity contribution is -0.128. The molecule has 1 heterocycles. The molecule has 28 heavy (non-hydrogen) atoms. The third-order valence-electron chi connectivity index (χ3n) is 5.61. The molecule has 1 amide bonds. The molecule has 4 heteroatoms. The molecule has 1 saturated heterocycles. The van der Waals surface area contributed by atoms with Gasteiger partial charge in [0.05, 0.1) is 12.1 Å². The van der Waals surface area contributed by atoms with Gasteiger partial charge in [-0.15, -0.1) is 0 Å². The molecule has 3 nitrogen and oxygen atoms in total. The summed E-state index contributed by atoms with van der Waals surface area (Å²) >= 11 is 0. The quantitative estimate of drug-likeness (QED) is 0.727. The van der Waals surface area contributed by atoms with Gasteiger partial charge in [0.2, 0.25) is 5.91 Å². The van der Waals surface area contributed by atoms with Gasteiger partial charge in [0.1, 0.15) is 5.82 Å². The fourth-order valence-electron chi connectivity index (χ4n) is 4.12. The van der Waals surface area contributed by atoms with Crippen LogP contribution in [-0.2, 0) is 4.79 Å². The van der Waals surface area contributed by atoms with Gasteiger partial charge in [0.15, 0.2) is 0 Å². The van der Waals surface area contributed by atoms with E-state index < -0.39 is 18.1 Å². The van der Waals surface area contributed by atoms with Crippen LogP contribution in [0.3, 0.4) is 0 Å². The molecule has 0 aliphatic carbocycles. The topological polar surface area (TPSA) is 40.5 Å². The van der Waals surface area contributed by atoms with E-state index in [2.05, 4.69) is 0 Å². The summed E-state index contributed by atoms with van der Waals surface area (Å²) in [6.07, 6.45) is -0.720. The van der Waals surface area contributed by atoms with Gasteiger partial charge in [-0.1, -0.05) is 66.7 Å². The largest absolute Gasteiger partial charge is 0.386 e. The number of nitrogens with zero attached hydrogens (tertiary/aromatic N) is 1. The first-order valence-electron chi connectivity index (χ1n) is 9.40. The van der Waals surface area contributed by atoms with Crippen molar-refractivity contribution < 1.29 is 14.3 Å². The van der Waals surface area contributed by atoms with Crippen molar-refractivity contribution in [2.75, 3.05) is 7.05 Å². The van der Waals surface area contributed by atoms with Crippen molar-refractivity contribution in [3.05, 3.63) is 95.8 Å². The summed E-state index contributed by atoms with van der Waals surface area (Å²) in [7, 11) is 1.68. The Morgan fingerprint density at radius 2 is 1.64 bits per heavy atom. The van der Waals surface area contributed by atoms with Crippen LogP contribution >= 0.6 is 0 Å². The van der Waals surface area contributed by atoms with Crippen LogP contribution in [0.15, 0.2) is 78.9 Å². The summed E-state index contributed by atoms with van der Waals surface area (Å²) in [5.41, 5.74) is 3.24. The normalized spacial score (nSPS) is 20.4. The number of carbonyl (C=O) groups is 1. The number of likely N-dealkylation sites (tertiary alicyclic amines) is 1. The number of rotatable bonds is 4. The number of benzene rings is 3. The number of hydrogen-bond donors (Lipinski definition) is 1. The highest BCUT2D eigenvalue weighted by molar-refractivity contribution is 5.80. The zero-order chi connectivity index (χ0) is 19.7. The first-order valence-corrected chi connectivity index (χ1v) is 9.40. The summed E-state index contributed by atoms with van der Waals surface area (Å²) in [4.78, 5) is 13.9. The minimum absolute atomic E-state index is 0.0866. The second-order valence-electron chi connectivity index (χ2n) is 7.26. The molecule has 0 aromatic heterocycles. The third kappa shape index (κ3) is 3.32. The van der Waals surface area contributed by atoms with Crippen LogP contribution < -0.4 is 0 Å². The Bertz CT molecular complexity index is 989. The van der Waals surface area contributed by atoms with Gasteiger partial charge < -0.3 is 10.0 Å². The molecular formula is C24H22FNO2. The molecule has 0 unspecified atom stereocenters. The molecule has 1 aliphatic rings. The fourth-order valence-corrected chi connectivity index (χ4v) is 4.12. The summed E-state index contributed by atoms with van der Waals surface area (Å²) in [6.45, 7) is 0. The zero-order valence-electron chi connectivity index (χ0n) is 15.6. The average Bonchev–Trinajstić information content (AvgIpc) is 3.03. The Hall–Kier alpha value is -2.98. The van der Waals surface area contributed by atoms with Crippen LogP contribution in [0.2, 0.25) is 0 Å². The lowest BCUT2D eigenvalue weighted by Crippen LogP contribution is -2.36. The number of halogens is 1. The number of likely N-dealkylation sites (N-methyl/N-ethyl adjacent to an activating group) is 1. The van der Waals surface area contributed by atoms with Crippen LogP contribution in [0.5, 0.6) is 0 Å². The highest BCUT2D eigenvalue weighted by Crippen LogP contribution is 2.41. The third-order valence-corrected chi connectivity index (χ3v) is 5.61. The van der Waals surface area contributed by atoms with Crippen molar-refractivity contribution in [3.8, 4) is 11.1 Å². The molecule has 142 valence electrons. The molecule has 3 aromatic rings. The van der Waals surface area contributed by atoms with Gasteiger partial charge in [-0.2, -0.15) is 0 Å². The maximum Gasteiger partial charge on any atom is 0.223 e. The van der Waals surface area contributed by atoms with E-state index in [1.165, 1.54) is 6.07 Å². The molecule has 3 atom stereocenters. The molecule has 0 spiro atoms. The lowest BCUT2D eigenvalue weighted by atomic mass is 9.85. The van der Waals surface area contributed by atoms with E-state index >= 15 is 0 Å². The summed E-state index contributed by atoms with van der Waals surface area (Å²) in [5.74, 6) is -0.823.